The maximum Gasteiger partial charge on any atom is 0.258 e. The zero-order chi connectivity index (χ0) is 24.9. The Kier molecular flexibility index (Phi) is 7.65. The molecule has 0 bridgehead atoms. The standard InChI is InChI=1S/C26H29FN4O3S/c1-5-6-7-14-31-16(2)22(25-29-24(30-34-25)17-8-11-19(27)12-9-17)23(28-26(31)35)18-10-13-20(32-3)21(15-18)33-4/h8-13,15,23H,5-7,14H2,1-4H3,(H,28,35). The van der Waals surface area contributed by atoms with Crippen molar-refractivity contribution in [1.29, 1.82) is 0 Å². The van der Waals surface area contributed by atoms with Crippen molar-refractivity contribution in [3.05, 3.63) is 65.4 Å². The lowest BCUT2D eigenvalue weighted by Gasteiger charge is -2.37. The first-order chi connectivity index (χ1) is 17.0. The number of nitrogens with zero attached hydrogens (tertiary/aromatic N) is 3. The summed E-state index contributed by atoms with van der Waals surface area (Å²) < 4.78 is 30.1. The van der Waals surface area contributed by atoms with Crippen molar-refractivity contribution in [1.82, 2.24) is 20.4 Å². The second-order valence-corrected chi connectivity index (χ2v) is 8.67. The predicted molar refractivity (Wildman–Crippen MR) is 137 cm³/mol. The van der Waals surface area contributed by atoms with E-state index >= 15 is 0 Å². The largest absolute Gasteiger partial charge is 0.493 e. The third kappa shape index (κ3) is 5.14. The molecule has 0 aliphatic carbocycles. The van der Waals surface area contributed by atoms with Crippen LogP contribution in [-0.2, 0) is 0 Å². The number of halogens is 1. The summed E-state index contributed by atoms with van der Waals surface area (Å²) in [4.78, 5) is 6.75. The lowest BCUT2D eigenvalue weighted by atomic mass is 9.94. The van der Waals surface area contributed by atoms with E-state index in [2.05, 4.69) is 27.3 Å². The Labute approximate surface area is 209 Å². The van der Waals surface area contributed by atoms with E-state index in [1.54, 1.807) is 26.4 Å². The van der Waals surface area contributed by atoms with Gasteiger partial charge < -0.3 is 24.2 Å². The van der Waals surface area contributed by atoms with Crippen LogP contribution in [0.5, 0.6) is 11.5 Å². The van der Waals surface area contributed by atoms with E-state index in [0.29, 0.717) is 33.9 Å². The molecule has 1 aliphatic rings. The SMILES string of the molecule is CCCCCN1C(=S)NC(c2ccc(OC)c(OC)c2)C(c2nc(-c3ccc(F)cc3)no2)=C1C. The molecule has 1 atom stereocenters. The zero-order valence-corrected chi connectivity index (χ0v) is 21.1. The van der Waals surface area contributed by atoms with E-state index in [1.165, 1.54) is 12.1 Å². The third-order valence-corrected chi connectivity index (χ3v) is 6.42. The summed E-state index contributed by atoms with van der Waals surface area (Å²) in [5, 5.41) is 8.27. The molecule has 35 heavy (non-hydrogen) atoms. The van der Waals surface area contributed by atoms with Crippen LogP contribution in [0.3, 0.4) is 0 Å². The fourth-order valence-electron chi connectivity index (χ4n) is 4.18. The second-order valence-electron chi connectivity index (χ2n) is 8.28. The lowest BCUT2D eigenvalue weighted by molar-refractivity contribution is 0.354. The average molecular weight is 497 g/mol. The summed E-state index contributed by atoms with van der Waals surface area (Å²) >= 11 is 5.76. The summed E-state index contributed by atoms with van der Waals surface area (Å²) in [5.74, 6) is 1.68. The highest BCUT2D eigenvalue weighted by molar-refractivity contribution is 7.80. The second kappa shape index (κ2) is 10.9. The Morgan fingerprint density at radius 3 is 2.51 bits per heavy atom. The van der Waals surface area contributed by atoms with Crippen LogP contribution in [0.2, 0.25) is 0 Å². The van der Waals surface area contributed by atoms with Gasteiger partial charge in [-0.25, -0.2) is 4.39 Å². The first-order valence-corrected chi connectivity index (χ1v) is 12.0. The van der Waals surface area contributed by atoms with Gasteiger partial charge in [-0.05, 0) is 67.5 Å². The van der Waals surface area contributed by atoms with Crippen LogP contribution in [0, 0.1) is 5.82 Å². The van der Waals surface area contributed by atoms with Gasteiger partial charge in [-0.2, -0.15) is 4.98 Å². The van der Waals surface area contributed by atoms with E-state index < -0.39 is 0 Å². The van der Waals surface area contributed by atoms with Gasteiger partial charge in [0.2, 0.25) is 5.82 Å². The number of nitrogens with one attached hydrogen (secondary N) is 1. The molecule has 4 rings (SSSR count). The molecular weight excluding hydrogens is 467 g/mol. The molecule has 1 N–H and O–H groups in total. The fraction of sp³-hybridized carbons (Fsp3) is 0.346. The highest BCUT2D eigenvalue weighted by Crippen LogP contribution is 2.40. The molecule has 7 nitrogen and oxygen atoms in total. The summed E-state index contributed by atoms with van der Waals surface area (Å²) in [7, 11) is 3.20. The van der Waals surface area contributed by atoms with Gasteiger partial charge in [0.15, 0.2) is 16.6 Å². The van der Waals surface area contributed by atoms with Crippen molar-refractivity contribution >= 4 is 22.9 Å². The van der Waals surface area contributed by atoms with Gasteiger partial charge in [-0.15, -0.1) is 0 Å². The van der Waals surface area contributed by atoms with Gasteiger partial charge in [-0.3, -0.25) is 0 Å². The van der Waals surface area contributed by atoms with Crippen molar-refractivity contribution < 1.29 is 18.4 Å². The van der Waals surface area contributed by atoms with Crippen LogP contribution in [0.25, 0.3) is 17.0 Å². The summed E-state index contributed by atoms with van der Waals surface area (Å²) in [5.41, 5.74) is 3.35. The smallest absolute Gasteiger partial charge is 0.258 e. The number of thiocarbonyl (C=S) groups is 1. The van der Waals surface area contributed by atoms with Gasteiger partial charge >= 0.3 is 0 Å². The number of aromatic nitrogens is 2. The van der Waals surface area contributed by atoms with Crippen LogP contribution >= 0.6 is 12.2 Å². The molecule has 9 heteroatoms. The van der Waals surface area contributed by atoms with E-state index in [4.69, 9.17) is 26.2 Å². The minimum absolute atomic E-state index is 0.322. The summed E-state index contributed by atoms with van der Waals surface area (Å²) in [6, 6.07) is 11.4. The average Bonchev–Trinajstić information content (AvgIpc) is 3.35. The van der Waals surface area contributed by atoms with Crippen molar-refractivity contribution in [2.24, 2.45) is 0 Å². The number of hydrogen-bond donors (Lipinski definition) is 1. The Morgan fingerprint density at radius 2 is 1.83 bits per heavy atom. The van der Waals surface area contributed by atoms with Gasteiger partial charge in [0.25, 0.3) is 5.89 Å². The normalized spacial score (nSPS) is 15.9. The monoisotopic (exact) mass is 496 g/mol. The highest BCUT2D eigenvalue weighted by Gasteiger charge is 2.34. The molecular formula is C26H29FN4O3S. The first-order valence-electron chi connectivity index (χ1n) is 11.6. The summed E-state index contributed by atoms with van der Waals surface area (Å²) in [6.45, 7) is 4.97. The molecule has 0 amide bonds. The molecule has 0 spiro atoms. The van der Waals surface area contributed by atoms with E-state index in [-0.39, 0.29) is 11.9 Å². The van der Waals surface area contributed by atoms with Gasteiger partial charge in [0, 0.05) is 17.8 Å². The molecule has 0 fully saturated rings. The molecule has 3 aromatic rings. The molecule has 2 aromatic carbocycles. The van der Waals surface area contributed by atoms with Gasteiger partial charge in [-0.1, -0.05) is 31.0 Å². The van der Waals surface area contributed by atoms with Gasteiger partial charge in [0.05, 0.1) is 25.8 Å². The maximum atomic E-state index is 13.4. The Hall–Kier alpha value is -3.46. The van der Waals surface area contributed by atoms with Crippen LogP contribution in [0.1, 0.15) is 50.6 Å². The van der Waals surface area contributed by atoms with Crippen LogP contribution in [-0.4, -0.2) is 40.9 Å². The Balaban J connectivity index is 1.79. The molecule has 0 saturated carbocycles. The van der Waals surface area contributed by atoms with E-state index in [1.807, 2.05) is 25.1 Å². The molecule has 2 heterocycles. The number of methoxy groups -OCH3 is 2. The lowest BCUT2D eigenvalue weighted by Crippen LogP contribution is -2.46. The van der Waals surface area contributed by atoms with Crippen LogP contribution < -0.4 is 14.8 Å². The fourth-order valence-corrected chi connectivity index (χ4v) is 4.53. The van der Waals surface area contributed by atoms with Crippen molar-refractivity contribution in [3.63, 3.8) is 0 Å². The number of hydrogen-bond acceptors (Lipinski definition) is 6. The maximum absolute atomic E-state index is 13.4. The highest BCUT2D eigenvalue weighted by atomic mass is 32.1. The van der Waals surface area contributed by atoms with Crippen LogP contribution in [0.4, 0.5) is 4.39 Å². The Morgan fingerprint density at radius 1 is 1.09 bits per heavy atom. The third-order valence-electron chi connectivity index (χ3n) is 6.08. The Bertz CT molecular complexity index is 1230. The van der Waals surface area contributed by atoms with Crippen molar-refractivity contribution in [3.8, 4) is 22.9 Å². The molecule has 0 radical (unpaired) electrons. The number of rotatable bonds is 9. The van der Waals surface area contributed by atoms with Crippen molar-refractivity contribution in [2.45, 2.75) is 39.2 Å². The van der Waals surface area contributed by atoms with E-state index in [0.717, 1.165) is 42.6 Å². The molecule has 1 aliphatic heterocycles. The van der Waals surface area contributed by atoms with Gasteiger partial charge in [0.1, 0.15) is 5.82 Å². The molecule has 184 valence electrons. The van der Waals surface area contributed by atoms with Crippen molar-refractivity contribution in [2.75, 3.05) is 20.8 Å². The number of unbranched alkanes of at least 4 members (excludes halogenated alkanes) is 2. The van der Waals surface area contributed by atoms with Crippen LogP contribution in [0.15, 0.2) is 52.7 Å². The quantitative estimate of drug-likeness (QED) is 0.297. The number of benzene rings is 2. The predicted octanol–water partition coefficient (Wildman–Crippen LogP) is 5.75. The number of allylic oxidation sites excluding steroid dienone is 1. The minimum Gasteiger partial charge on any atom is -0.493 e. The molecule has 1 unspecified atom stereocenters. The van der Waals surface area contributed by atoms with E-state index in [9.17, 15) is 4.39 Å². The zero-order valence-electron chi connectivity index (χ0n) is 20.3. The summed E-state index contributed by atoms with van der Waals surface area (Å²) in [6.07, 6.45) is 3.23. The molecule has 0 saturated heterocycles. The molecule has 1 aromatic heterocycles. The first kappa shape index (κ1) is 24.7. The number of ether oxygens (including phenoxy) is 2. The topological polar surface area (TPSA) is 72.7 Å². The minimum atomic E-state index is -0.341.